The van der Waals surface area contributed by atoms with Gasteiger partial charge in [-0.2, -0.15) is 0 Å². The van der Waals surface area contributed by atoms with Crippen LogP contribution < -0.4 is 0 Å². The highest BCUT2D eigenvalue weighted by molar-refractivity contribution is 5.95. The lowest BCUT2D eigenvalue weighted by atomic mass is 9.88. The van der Waals surface area contributed by atoms with Crippen molar-refractivity contribution in [2.75, 3.05) is 7.11 Å². The van der Waals surface area contributed by atoms with E-state index in [1.807, 2.05) is 0 Å². The molecule has 102 valence electrons. The van der Waals surface area contributed by atoms with Crippen molar-refractivity contribution in [2.45, 2.75) is 45.6 Å². The summed E-state index contributed by atoms with van der Waals surface area (Å²) in [6.45, 7) is 9.28. The van der Waals surface area contributed by atoms with E-state index in [0.717, 1.165) is 24.8 Å². The normalized spacial score (nSPS) is 21.6. The highest BCUT2D eigenvalue weighted by atomic mass is 16.6. The van der Waals surface area contributed by atoms with Gasteiger partial charge in [-0.1, -0.05) is 12.2 Å². The van der Waals surface area contributed by atoms with Crippen LogP contribution in [0.4, 0.5) is 0 Å². The molecular weight excluding hydrogens is 232 g/mol. The van der Waals surface area contributed by atoms with Crippen molar-refractivity contribution in [1.29, 1.82) is 0 Å². The number of ether oxygens (including phenoxy) is 2. The van der Waals surface area contributed by atoms with Crippen LogP contribution in [0.3, 0.4) is 0 Å². The van der Waals surface area contributed by atoms with Gasteiger partial charge in [0, 0.05) is 5.92 Å². The lowest BCUT2D eigenvalue weighted by molar-refractivity contribution is -0.170. The van der Waals surface area contributed by atoms with E-state index in [1.54, 1.807) is 20.8 Å². The Labute approximate surface area is 108 Å². The molecule has 1 fully saturated rings. The van der Waals surface area contributed by atoms with Gasteiger partial charge in [-0.15, -0.1) is 0 Å². The maximum atomic E-state index is 12.1. The van der Waals surface area contributed by atoms with Crippen LogP contribution >= 0.6 is 0 Å². The lowest BCUT2D eigenvalue weighted by Crippen LogP contribution is -2.37. The first kappa shape index (κ1) is 14.7. The molecule has 0 aromatic heterocycles. The Hall–Kier alpha value is -1.32. The summed E-state index contributed by atoms with van der Waals surface area (Å²) in [6, 6.07) is 0. The predicted molar refractivity (Wildman–Crippen MR) is 67.8 cm³/mol. The first-order valence-electron chi connectivity index (χ1n) is 6.24. The van der Waals surface area contributed by atoms with Crippen LogP contribution in [0.15, 0.2) is 12.2 Å². The van der Waals surface area contributed by atoms with Crippen LogP contribution in [-0.4, -0.2) is 24.6 Å². The van der Waals surface area contributed by atoms with Crippen LogP contribution in [0.2, 0.25) is 0 Å². The van der Waals surface area contributed by atoms with Crippen LogP contribution in [0.25, 0.3) is 0 Å². The second kappa shape index (κ2) is 5.55. The van der Waals surface area contributed by atoms with Gasteiger partial charge >= 0.3 is 11.9 Å². The highest BCUT2D eigenvalue weighted by Gasteiger charge is 2.41. The van der Waals surface area contributed by atoms with E-state index in [9.17, 15) is 9.59 Å². The molecule has 1 saturated carbocycles. The Balaban J connectivity index is 2.88. The van der Waals surface area contributed by atoms with Crippen LogP contribution in [-0.2, 0) is 19.1 Å². The second-order valence-corrected chi connectivity index (χ2v) is 5.69. The number of carbonyl (C=O) groups is 2. The zero-order valence-corrected chi connectivity index (χ0v) is 11.6. The van der Waals surface area contributed by atoms with Crippen molar-refractivity contribution in [1.82, 2.24) is 0 Å². The molecule has 1 aliphatic rings. The molecule has 0 bridgehead atoms. The van der Waals surface area contributed by atoms with Crippen molar-refractivity contribution in [2.24, 2.45) is 11.8 Å². The van der Waals surface area contributed by atoms with E-state index in [2.05, 4.69) is 6.58 Å². The van der Waals surface area contributed by atoms with Crippen molar-refractivity contribution >= 4 is 11.9 Å². The fraction of sp³-hybridized carbons (Fsp3) is 0.714. The summed E-state index contributed by atoms with van der Waals surface area (Å²) in [6.07, 6.45) is 2.61. The van der Waals surface area contributed by atoms with Gasteiger partial charge in [0.25, 0.3) is 0 Å². The first-order chi connectivity index (χ1) is 8.26. The summed E-state index contributed by atoms with van der Waals surface area (Å²) in [4.78, 5) is 23.9. The first-order valence-corrected chi connectivity index (χ1v) is 6.24. The Morgan fingerprint density at radius 1 is 1.33 bits per heavy atom. The van der Waals surface area contributed by atoms with Crippen molar-refractivity contribution in [3.8, 4) is 0 Å². The van der Waals surface area contributed by atoms with Gasteiger partial charge in [-0.3, -0.25) is 9.59 Å². The fourth-order valence-corrected chi connectivity index (χ4v) is 2.26. The minimum Gasteiger partial charge on any atom is -0.468 e. The molecule has 0 saturated heterocycles. The number of carbonyl (C=O) groups excluding carboxylic acids is 2. The summed E-state index contributed by atoms with van der Waals surface area (Å²) in [5, 5.41) is 0. The Kier molecular flexibility index (Phi) is 4.54. The van der Waals surface area contributed by atoms with Crippen LogP contribution in [0.1, 0.15) is 40.0 Å². The highest BCUT2D eigenvalue weighted by Crippen LogP contribution is 2.37. The molecule has 0 aromatic rings. The van der Waals surface area contributed by atoms with Gasteiger partial charge in [0.15, 0.2) is 5.92 Å². The molecule has 0 amide bonds. The Morgan fingerprint density at radius 2 is 1.94 bits per heavy atom. The zero-order valence-electron chi connectivity index (χ0n) is 11.6. The fourth-order valence-electron chi connectivity index (χ4n) is 2.26. The molecule has 4 nitrogen and oxygen atoms in total. The Morgan fingerprint density at radius 3 is 2.33 bits per heavy atom. The topological polar surface area (TPSA) is 52.6 Å². The standard InChI is InChI=1S/C14H22O4/c1-9-7-6-8-10(9)11(12(15)17-5)13(16)18-14(2,3)4/h10-11H,1,6-8H2,2-5H3. The van der Waals surface area contributed by atoms with Crippen LogP contribution in [0.5, 0.6) is 0 Å². The number of rotatable bonds is 3. The van der Waals surface area contributed by atoms with Gasteiger partial charge in [-0.25, -0.2) is 0 Å². The van der Waals surface area contributed by atoms with Gasteiger partial charge < -0.3 is 9.47 Å². The maximum absolute atomic E-state index is 12.1. The minimum absolute atomic E-state index is 0.146. The summed E-state index contributed by atoms with van der Waals surface area (Å²) in [5.74, 6) is -2.06. The average Bonchev–Trinajstić information content (AvgIpc) is 2.62. The molecular formula is C14H22O4. The molecule has 0 aromatic carbocycles. The molecule has 2 atom stereocenters. The van der Waals surface area contributed by atoms with Crippen molar-refractivity contribution in [3.05, 3.63) is 12.2 Å². The van der Waals surface area contributed by atoms with E-state index in [0.29, 0.717) is 0 Å². The molecule has 0 radical (unpaired) electrons. The van der Waals surface area contributed by atoms with E-state index >= 15 is 0 Å². The maximum Gasteiger partial charge on any atom is 0.321 e. The number of allylic oxidation sites excluding steroid dienone is 1. The molecule has 1 rings (SSSR count). The molecule has 1 aliphatic carbocycles. The number of hydrogen-bond acceptors (Lipinski definition) is 4. The lowest BCUT2D eigenvalue weighted by Gasteiger charge is -2.26. The van der Waals surface area contributed by atoms with Crippen molar-refractivity contribution in [3.63, 3.8) is 0 Å². The molecule has 2 unspecified atom stereocenters. The van der Waals surface area contributed by atoms with E-state index in [1.165, 1.54) is 7.11 Å². The summed E-state index contributed by atoms with van der Waals surface area (Å²) in [5.41, 5.74) is 0.333. The number of methoxy groups -OCH3 is 1. The quantitative estimate of drug-likeness (QED) is 0.441. The zero-order chi connectivity index (χ0) is 13.9. The summed E-state index contributed by atoms with van der Waals surface area (Å²) in [7, 11) is 1.29. The second-order valence-electron chi connectivity index (χ2n) is 5.69. The average molecular weight is 254 g/mol. The monoisotopic (exact) mass is 254 g/mol. The number of hydrogen-bond donors (Lipinski definition) is 0. The largest absolute Gasteiger partial charge is 0.468 e. The third-order valence-corrected chi connectivity index (χ3v) is 3.06. The molecule has 0 heterocycles. The van der Waals surface area contributed by atoms with E-state index in [-0.39, 0.29) is 5.92 Å². The number of esters is 2. The Bertz CT molecular complexity index is 351. The molecule has 0 N–H and O–H groups in total. The third-order valence-electron chi connectivity index (χ3n) is 3.06. The van der Waals surface area contributed by atoms with Crippen molar-refractivity contribution < 1.29 is 19.1 Å². The molecule has 0 spiro atoms. The minimum atomic E-state index is -0.871. The molecule has 0 aliphatic heterocycles. The van der Waals surface area contributed by atoms with Gasteiger partial charge in [0.2, 0.25) is 0 Å². The molecule has 4 heteroatoms. The van der Waals surface area contributed by atoms with Gasteiger partial charge in [-0.05, 0) is 40.0 Å². The van der Waals surface area contributed by atoms with Gasteiger partial charge in [0.1, 0.15) is 5.60 Å². The van der Waals surface area contributed by atoms with Gasteiger partial charge in [0.05, 0.1) is 7.11 Å². The molecule has 18 heavy (non-hydrogen) atoms. The summed E-state index contributed by atoms with van der Waals surface area (Å²) < 4.78 is 10.0. The predicted octanol–water partition coefficient (Wildman–Crippen LogP) is 2.47. The van der Waals surface area contributed by atoms with E-state index < -0.39 is 23.5 Å². The summed E-state index contributed by atoms with van der Waals surface area (Å²) >= 11 is 0. The third kappa shape index (κ3) is 3.59. The SMILES string of the molecule is C=C1CCCC1C(C(=O)OC)C(=O)OC(C)(C)C. The smallest absolute Gasteiger partial charge is 0.321 e. The van der Waals surface area contributed by atoms with Crippen LogP contribution in [0, 0.1) is 11.8 Å². The van der Waals surface area contributed by atoms with E-state index in [4.69, 9.17) is 9.47 Å².